The number of aromatic nitrogens is 3. The Morgan fingerprint density at radius 2 is 1.86 bits per heavy atom. The van der Waals surface area contributed by atoms with Gasteiger partial charge in [-0.2, -0.15) is 0 Å². The highest BCUT2D eigenvalue weighted by atomic mass is 32.2. The maximum absolute atomic E-state index is 4.73. The van der Waals surface area contributed by atoms with Gasteiger partial charge < -0.3 is 4.57 Å². The van der Waals surface area contributed by atoms with E-state index in [-0.39, 0.29) is 0 Å². The van der Waals surface area contributed by atoms with Crippen LogP contribution >= 0.6 is 11.8 Å². The number of hydrogen-bond acceptors (Lipinski definition) is 3. The highest BCUT2D eigenvalue weighted by molar-refractivity contribution is 7.99. The lowest BCUT2D eigenvalue weighted by atomic mass is 10.1. The first kappa shape index (κ1) is 13.3. The van der Waals surface area contributed by atoms with Gasteiger partial charge in [0, 0.05) is 23.5 Å². The monoisotopic (exact) mass is 305 g/mol. The van der Waals surface area contributed by atoms with Crippen molar-refractivity contribution in [3.05, 3.63) is 60.3 Å². The van der Waals surface area contributed by atoms with Gasteiger partial charge in [-0.1, -0.05) is 24.3 Å². The van der Waals surface area contributed by atoms with E-state index in [1.807, 2.05) is 30.5 Å². The summed E-state index contributed by atoms with van der Waals surface area (Å²) in [4.78, 5) is 10.4. The first-order valence-corrected chi connectivity index (χ1v) is 7.99. The van der Waals surface area contributed by atoms with Gasteiger partial charge in [-0.05, 0) is 48.5 Å². The van der Waals surface area contributed by atoms with Crippen LogP contribution in [-0.4, -0.2) is 14.5 Å². The summed E-state index contributed by atoms with van der Waals surface area (Å²) >= 11 is 1.67. The van der Waals surface area contributed by atoms with Crippen LogP contribution in [0.25, 0.3) is 21.9 Å². The first-order valence-electron chi connectivity index (χ1n) is 7.18. The summed E-state index contributed by atoms with van der Waals surface area (Å²) < 4.78 is 2.13. The Kier molecular flexibility index (Phi) is 3.12. The zero-order valence-corrected chi connectivity index (χ0v) is 13.3. The Morgan fingerprint density at radius 3 is 2.73 bits per heavy atom. The van der Waals surface area contributed by atoms with Crippen molar-refractivity contribution < 1.29 is 0 Å². The number of imidazole rings is 1. The van der Waals surface area contributed by atoms with E-state index in [4.69, 9.17) is 4.98 Å². The van der Waals surface area contributed by atoms with Gasteiger partial charge in [-0.15, -0.1) is 0 Å². The highest BCUT2D eigenvalue weighted by Gasteiger charge is 2.11. The summed E-state index contributed by atoms with van der Waals surface area (Å²) in [6.45, 7) is 2.12. The molecule has 3 nitrogen and oxygen atoms in total. The molecule has 0 aliphatic rings. The number of benzene rings is 2. The van der Waals surface area contributed by atoms with Crippen LogP contribution in [0.4, 0.5) is 0 Å². The number of nitrogens with zero attached hydrogens (tertiary/aromatic N) is 3. The Balaban J connectivity index is 1.86. The van der Waals surface area contributed by atoms with E-state index in [2.05, 4.69) is 47.8 Å². The highest BCUT2D eigenvalue weighted by Crippen LogP contribution is 2.34. The topological polar surface area (TPSA) is 30.7 Å². The number of para-hydroxylation sites is 3. The number of aryl methyl sites for hydroxylation is 2. The second-order valence-corrected chi connectivity index (χ2v) is 6.33. The van der Waals surface area contributed by atoms with Crippen molar-refractivity contribution >= 4 is 33.7 Å². The third-order valence-corrected chi connectivity index (χ3v) is 5.00. The van der Waals surface area contributed by atoms with E-state index in [0.29, 0.717) is 0 Å². The minimum atomic E-state index is 0.983. The molecule has 2 aromatic heterocycles. The lowest BCUT2D eigenvalue weighted by Crippen LogP contribution is -1.91. The van der Waals surface area contributed by atoms with Crippen LogP contribution in [0.15, 0.2) is 64.8 Å². The van der Waals surface area contributed by atoms with Crippen molar-refractivity contribution in [1.82, 2.24) is 14.5 Å². The second kappa shape index (κ2) is 5.14. The minimum absolute atomic E-state index is 0.983. The molecule has 2 aromatic carbocycles. The molecule has 0 unspecified atom stereocenters. The molecule has 0 atom stereocenters. The van der Waals surface area contributed by atoms with Gasteiger partial charge in [0.05, 0.1) is 16.6 Å². The molecule has 4 aromatic rings. The van der Waals surface area contributed by atoms with Crippen LogP contribution in [0.5, 0.6) is 0 Å². The Labute approximate surface area is 133 Å². The molecule has 0 fully saturated rings. The second-order valence-electron chi connectivity index (χ2n) is 5.32. The molecule has 0 aliphatic carbocycles. The first-order chi connectivity index (χ1) is 10.7. The number of fused-ring (bicyclic) bond motifs is 2. The van der Waals surface area contributed by atoms with Crippen LogP contribution in [0.3, 0.4) is 0 Å². The summed E-state index contributed by atoms with van der Waals surface area (Å²) in [6, 6.07) is 16.6. The standard InChI is InChI=1S/C18H15N3S/c1-12-10-11-19-17-13(12)6-5-9-16(17)22-18-20-14-7-3-4-8-15(14)21(18)2/h3-11H,1-2H3. The van der Waals surface area contributed by atoms with Crippen LogP contribution in [0, 0.1) is 6.92 Å². The molecule has 0 saturated heterocycles. The molecule has 0 N–H and O–H groups in total. The number of rotatable bonds is 2. The molecule has 0 saturated carbocycles. The van der Waals surface area contributed by atoms with E-state index in [1.54, 1.807) is 11.8 Å². The van der Waals surface area contributed by atoms with Crippen molar-refractivity contribution in [1.29, 1.82) is 0 Å². The molecule has 0 aliphatic heterocycles. The van der Waals surface area contributed by atoms with Gasteiger partial charge >= 0.3 is 0 Å². The summed E-state index contributed by atoms with van der Waals surface area (Å²) in [5, 5.41) is 2.18. The SMILES string of the molecule is Cc1ccnc2c(Sc3nc4ccccc4n3C)cccc12. The molecule has 22 heavy (non-hydrogen) atoms. The van der Waals surface area contributed by atoms with E-state index >= 15 is 0 Å². The summed E-state index contributed by atoms with van der Waals surface area (Å²) in [5.74, 6) is 0. The zero-order chi connectivity index (χ0) is 15.1. The molecule has 2 heterocycles. The fourth-order valence-electron chi connectivity index (χ4n) is 2.68. The van der Waals surface area contributed by atoms with Gasteiger partial charge in [-0.3, -0.25) is 4.98 Å². The third kappa shape index (κ3) is 2.07. The van der Waals surface area contributed by atoms with Crippen molar-refractivity contribution in [2.24, 2.45) is 7.05 Å². The molecule has 0 radical (unpaired) electrons. The van der Waals surface area contributed by atoms with Crippen molar-refractivity contribution in [3.8, 4) is 0 Å². The normalized spacial score (nSPS) is 11.4. The molecule has 0 bridgehead atoms. The Morgan fingerprint density at radius 1 is 1.00 bits per heavy atom. The molecule has 0 amide bonds. The molecular weight excluding hydrogens is 290 g/mol. The van der Waals surface area contributed by atoms with Crippen molar-refractivity contribution in [2.45, 2.75) is 17.0 Å². The fourth-order valence-corrected chi connectivity index (χ4v) is 3.66. The summed E-state index contributed by atoms with van der Waals surface area (Å²) in [5.41, 5.74) is 4.46. The predicted molar refractivity (Wildman–Crippen MR) is 91.3 cm³/mol. The Hall–Kier alpha value is -2.33. The van der Waals surface area contributed by atoms with Crippen LogP contribution in [0.1, 0.15) is 5.56 Å². The average Bonchev–Trinajstić information content (AvgIpc) is 2.85. The fraction of sp³-hybridized carbons (Fsp3) is 0.111. The third-order valence-electron chi connectivity index (χ3n) is 3.90. The lowest BCUT2D eigenvalue weighted by Gasteiger charge is -2.07. The van der Waals surface area contributed by atoms with Gasteiger partial charge in [0.2, 0.25) is 0 Å². The maximum Gasteiger partial charge on any atom is 0.173 e. The molecule has 0 spiro atoms. The van der Waals surface area contributed by atoms with Crippen LogP contribution < -0.4 is 0 Å². The number of pyridine rings is 1. The van der Waals surface area contributed by atoms with E-state index < -0.39 is 0 Å². The van der Waals surface area contributed by atoms with Crippen molar-refractivity contribution in [2.75, 3.05) is 0 Å². The van der Waals surface area contributed by atoms with Gasteiger partial charge in [0.15, 0.2) is 5.16 Å². The average molecular weight is 305 g/mol. The molecule has 108 valence electrons. The van der Waals surface area contributed by atoms with Crippen LogP contribution in [0.2, 0.25) is 0 Å². The number of hydrogen-bond donors (Lipinski definition) is 0. The smallest absolute Gasteiger partial charge is 0.173 e. The lowest BCUT2D eigenvalue weighted by molar-refractivity contribution is 0.815. The minimum Gasteiger partial charge on any atom is -0.322 e. The largest absolute Gasteiger partial charge is 0.322 e. The maximum atomic E-state index is 4.73. The summed E-state index contributed by atoms with van der Waals surface area (Å²) in [7, 11) is 2.06. The van der Waals surface area contributed by atoms with Gasteiger partial charge in [-0.25, -0.2) is 4.98 Å². The predicted octanol–water partition coefficient (Wildman–Crippen LogP) is 4.58. The quantitative estimate of drug-likeness (QED) is 0.543. The van der Waals surface area contributed by atoms with E-state index in [9.17, 15) is 0 Å². The Bertz CT molecular complexity index is 988. The van der Waals surface area contributed by atoms with Crippen LogP contribution in [-0.2, 0) is 7.05 Å². The molecule has 4 rings (SSSR count). The molecular formula is C18H15N3S. The molecule has 4 heteroatoms. The van der Waals surface area contributed by atoms with Gasteiger partial charge in [0.1, 0.15) is 0 Å². The van der Waals surface area contributed by atoms with Gasteiger partial charge in [0.25, 0.3) is 0 Å². The van der Waals surface area contributed by atoms with E-state index in [0.717, 1.165) is 26.6 Å². The van der Waals surface area contributed by atoms with E-state index in [1.165, 1.54) is 10.9 Å². The zero-order valence-electron chi connectivity index (χ0n) is 12.4. The summed E-state index contributed by atoms with van der Waals surface area (Å²) in [6.07, 6.45) is 1.87. The van der Waals surface area contributed by atoms with Crippen molar-refractivity contribution in [3.63, 3.8) is 0 Å².